The lowest BCUT2D eigenvalue weighted by Crippen LogP contribution is -2.31. The molecule has 0 aliphatic heterocycles. The Bertz CT molecular complexity index is 804. The Morgan fingerprint density at radius 1 is 0.852 bits per heavy atom. The van der Waals surface area contributed by atoms with E-state index in [1.807, 2.05) is 6.07 Å². The van der Waals surface area contributed by atoms with Crippen LogP contribution in [0.15, 0.2) is 42.5 Å². The molecule has 2 aromatic rings. The zero-order valence-corrected chi connectivity index (χ0v) is 16.0. The molecule has 0 saturated heterocycles. The number of carbonyl (C=O) groups is 2. The third-order valence-electron chi connectivity index (χ3n) is 3.92. The first-order valence-corrected chi connectivity index (χ1v) is 8.20. The van der Waals surface area contributed by atoms with Crippen LogP contribution in [0.3, 0.4) is 0 Å². The van der Waals surface area contributed by atoms with Gasteiger partial charge in [0.05, 0.1) is 21.3 Å². The second-order valence-electron chi connectivity index (χ2n) is 5.81. The fraction of sp³-hybridized carbons (Fsp3) is 0.300. The molecule has 0 spiro atoms. The van der Waals surface area contributed by atoms with Crippen LogP contribution in [0.2, 0.25) is 0 Å². The van der Waals surface area contributed by atoms with Gasteiger partial charge in [-0.3, -0.25) is 4.79 Å². The summed E-state index contributed by atoms with van der Waals surface area (Å²) in [7, 11) is 7.54. The van der Waals surface area contributed by atoms with Gasteiger partial charge in [-0.25, -0.2) is 4.79 Å². The summed E-state index contributed by atoms with van der Waals surface area (Å²) in [6.45, 7) is 0. The van der Waals surface area contributed by atoms with E-state index < -0.39 is 12.1 Å². The molecule has 1 atom stereocenters. The topological polar surface area (TPSA) is 74.3 Å². The van der Waals surface area contributed by atoms with Crippen LogP contribution in [-0.4, -0.2) is 52.2 Å². The molecule has 2 rings (SSSR count). The Morgan fingerprint density at radius 3 is 2.00 bits per heavy atom. The van der Waals surface area contributed by atoms with Crippen LogP contribution in [-0.2, 0) is 9.53 Å². The van der Waals surface area contributed by atoms with Gasteiger partial charge in [-0.15, -0.1) is 0 Å². The minimum absolute atomic E-state index is 0.127. The van der Waals surface area contributed by atoms with Gasteiger partial charge in [0.2, 0.25) is 11.9 Å². The zero-order chi connectivity index (χ0) is 20.0. The first kappa shape index (κ1) is 20.1. The summed E-state index contributed by atoms with van der Waals surface area (Å²) in [5.74, 6) is -0.212. The maximum absolute atomic E-state index is 12.8. The summed E-state index contributed by atoms with van der Waals surface area (Å²) >= 11 is 0. The molecule has 0 bridgehead atoms. The number of benzene rings is 2. The molecule has 0 aliphatic carbocycles. The van der Waals surface area contributed by atoms with Gasteiger partial charge in [0.25, 0.3) is 5.91 Å². The van der Waals surface area contributed by atoms with Gasteiger partial charge in [0, 0.05) is 19.7 Å². The molecule has 1 amide bonds. The molecule has 144 valence electrons. The van der Waals surface area contributed by atoms with E-state index in [4.69, 9.17) is 18.9 Å². The quantitative estimate of drug-likeness (QED) is 0.695. The summed E-state index contributed by atoms with van der Waals surface area (Å²) in [5, 5.41) is 0. The number of ether oxygens (including phenoxy) is 4. The maximum Gasteiger partial charge on any atom is 0.343 e. The lowest BCUT2D eigenvalue weighted by Gasteiger charge is -2.22. The number of nitrogens with zero attached hydrogens (tertiary/aromatic N) is 1. The number of carbonyl (C=O) groups excluding carboxylic acids is 2. The van der Waals surface area contributed by atoms with Crippen molar-refractivity contribution in [3.8, 4) is 17.2 Å². The molecule has 2 aromatic carbocycles. The smallest absolute Gasteiger partial charge is 0.343 e. The largest absolute Gasteiger partial charge is 0.493 e. The van der Waals surface area contributed by atoms with E-state index in [2.05, 4.69) is 0 Å². The van der Waals surface area contributed by atoms with E-state index in [0.29, 0.717) is 11.3 Å². The molecule has 7 heteroatoms. The lowest BCUT2D eigenvalue weighted by atomic mass is 10.1. The minimum atomic E-state index is -1.08. The van der Waals surface area contributed by atoms with Crippen LogP contribution in [0, 0.1) is 0 Å². The summed E-state index contributed by atoms with van der Waals surface area (Å²) in [6, 6.07) is 11.9. The van der Waals surface area contributed by atoms with Crippen LogP contribution in [0.25, 0.3) is 0 Å². The van der Waals surface area contributed by atoms with Crippen molar-refractivity contribution in [3.05, 3.63) is 53.6 Å². The van der Waals surface area contributed by atoms with Gasteiger partial charge >= 0.3 is 5.97 Å². The number of hydrogen-bond donors (Lipinski definition) is 0. The normalized spacial score (nSPS) is 11.3. The number of rotatable bonds is 7. The summed E-state index contributed by atoms with van der Waals surface area (Å²) in [5.41, 5.74) is 0.701. The summed E-state index contributed by atoms with van der Waals surface area (Å²) in [6.07, 6.45) is -1.08. The van der Waals surface area contributed by atoms with Gasteiger partial charge in [-0.05, 0) is 12.1 Å². The number of amides is 1. The van der Waals surface area contributed by atoms with Gasteiger partial charge in [-0.2, -0.15) is 0 Å². The Balaban J connectivity index is 2.42. The first-order chi connectivity index (χ1) is 12.9. The molecule has 0 N–H and O–H groups in total. The van der Waals surface area contributed by atoms with Gasteiger partial charge in [0.15, 0.2) is 11.5 Å². The number of methoxy groups -OCH3 is 3. The van der Waals surface area contributed by atoms with Gasteiger partial charge in [-0.1, -0.05) is 30.3 Å². The second-order valence-corrected chi connectivity index (χ2v) is 5.81. The Kier molecular flexibility index (Phi) is 6.65. The lowest BCUT2D eigenvalue weighted by molar-refractivity contribution is -0.138. The first-order valence-electron chi connectivity index (χ1n) is 8.20. The Morgan fingerprint density at radius 2 is 1.48 bits per heavy atom. The fourth-order valence-corrected chi connectivity index (χ4v) is 2.56. The fourth-order valence-electron chi connectivity index (χ4n) is 2.56. The zero-order valence-electron chi connectivity index (χ0n) is 16.0. The summed E-state index contributed by atoms with van der Waals surface area (Å²) < 4.78 is 21.4. The molecule has 0 aliphatic rings. The second kappa shape index (κ2) is 8.93. The standard InChI is InChI=1S/C20H23NO6/c1-21(2)19(22)16(13-9-7-6-8-10-13)27-20(23)14-11-12-15(24-3)18(26-5)17(14)25-4/h6-12,16H,1-5H3/t16-/m1/s1. The van der Waals surface area contributed by atoms with Crippen LogP contribution in [0.1, 0.15) is 22.0 Å². The van der Waals surface area contributed by atoms with Crippen LogP contribution in [0.4, 0.5) is 0 Å². The van der Waals surface area contributed by atoms with Crippen LogP contribution < -0.4 is 14.2 Å². The highest BCUT2D eigenvalue weighted by atomic mass is 16.6. The van der Waals surface area contributed by atoms with Crippen molar-refractivity contribution in [2.75, 3.05) is 35.4 Å². The van der Waals surface area contributed by atoms with Crippen molar-refractivity contribution in [2.45, 2.75) is 6.10 Å². The number of hydrogen-bond acceptors (Lipinski definition) is 6. The maximum atomic E-state index is 12.8. The third-order valence-corrected chi connectivity index (χ3v) is 3.92. The van der Waals surface area contributed by atoms with Crippen LogP contribution in [0.5, 0.6) is 17.2 Å². The number of likely N-dealkylation sites (N-methyl/N-ethyl adjacent to an activating group) is 1. The van der Waals surface area contributed by atoms with Gasteiger partial charge in [0.1, 0.15) is 5.56 Å². The predicted octanol–water partition coefficient (Wildman–Crippen LogP) is 2.70. The van der Waals surface area contributed by atoms with Crippen molar-refractivity contribution < 1.29 is 28.5 Å². The van der Waals surface area contributed by atoms with Crippen molar-refractivity contribution >= 4 is 11.9 Å². The minimum Gasteiger partial charge on any atom is -0.493 e. The number of esters is 1. The highest BCUT2D eigenvalue weighted by molar-refractivity contribution is 5.96. The molecule has 0 aromatic heterocycles. The van der Waals surface area contributed by atoms with Crippen molar-refractivity contribution in [3.63, 3.8) is 0 Å². The monoisotopic (exact) mass is 373 g/mol. The highest BCUT2D eigenvalue weighted by Crippen LogP contribution is 2.40. The molecule has 0 heterocycles. The Labute approximate surface area is 158 Å². The Hall–Kier alpha value is -3.22. The average molecular weight is 373 g/mol. The van der Waals surface area contributed by atoms with E-state index >= 15 is 0 Å². The summed E-state index contributed by atoms with van der Waals surface area (Å²) in [4.78, 5) is 26.8. The molecular formula is C20H23NO6. The van der Waals surface area contributed by atoms with E-state index in [9.17, 15) is 9.59 Å². The van der Waals surface area contributed by atoms with E-state index in [1.54, 1.807) is 44.4 Å². The van der Waals surface area contributed by atoms with Crippen molar-refractivity contribution in [2.24, 2.45) is 0 Å². The van der Waals surface area contributed by atoms with Crippen LogP contribution >= 0.6 is 0 Å². The van der Waals surface area contributed by atoms with Crippen molar-refractivity contribution in [1.29, 1.82) is 0 Å². The van der Waals surface area contributed by atoms with E-state index in [-0.39, 0.29) is 23.0 Å². The van der Waals surface area contributed by atoms with E-state index in [0.717, 1.165) is 0 Å². The van der Waals surface area contributed by atoms with Gasteiger partial charge < -0.3 is 23.8 Å². The predicted molar refractivity (Wildman–Crippen MR) is 99.4 cm³/mol. The third kappa shape index (κ3) is 4.31. The average Bonchev–Trinajstić information content (AvgIpc) is 2.70. The SMILES string of the molecule is COc1ccc(C(=O)O[C@@H](C(=O)N(C)C)c2ccccc2)c(OC)c1OC. The molecular weight excluding hydrogens is 350 g/mol. The van der Waals surface area contributed by atoms with E-state index in [1.165, 1.54) is 32.3 Å². The molecule has 7 nitrogen and oxygen atoms in total. The molecule has 0 unspecified atom stereocenters. The highest BCUT2D eigenvalue weighted by Gasteiger charge is 2.29. The molecule has 0 radical (unpaired) electrons. The molecule has 0 fully saturated rings. The van der Waals surface area contributed by atoms with Crippen molar-refractivity contribution in [1.82, 2.24) is 4.90 Å². The molecule has 0 saturated carbocycles. The molecule has 27 heavy (non-hydrogen) atoms.